The molecule has 18 heavy (non-hydrogen) atoms. The van der Waals surface area contributed by atoms with Gasteiger partial charge in [-0.05, 0) is 30.6 Å². The number of carboxylic acids is 1. The van der Waals surface area contributed by atoms with Crippen LogP contribution in [0.25, 0.3) is 0 Å². The largest absolute Gasteiger partial charge is 0.480 e. The van der Waals surface area contributed by atoms with Crippen LogP contribution in [0.1, 0.15) is 33.1 Å². The van der Waals surface area contributed by atoms with Gasteiger partial charge in [-0.2, -0.15) is 0 Å². The van der Waals surface area contributed by atoms with E-state index in [-0.39, 0.29) is 17.7 Å². The van der Waals surface area contributed by atoms with Crippen LogP contribution in [0, 0.1) is 23.7 Å². The molecule has 4 nitrogen and oxygen atoms in total. The first kappa shape index (κ1) is 13.1. The van der Waals surface area contributed by atoms with Gasteiger partial charge in [0.05, 0.1) is 0 Å². The predicted molar refractivity (Wildman–Crippen MR) is 67.9 cm³/mol. The summed E-state index contributed by atoms with van der Waals surface area (Å²) in [4.78, 5) is 23.3. The number of hydrogen-bond donors (Lipinski definition) is 2. The molecule has 2 N–H and O–H groups in total. The van der Waals surface area contributed by atoms with Crippen molar-refractivity contribution in [2.45, 2.75) is 39.2 Å². The van der Waals surface area contributed by atoms with Gasteiger partial charge in [0, 0.05) is 5.92 Å². The molecule has 0 heterocycles. The van der Waals surface area contributed by atoms with Gasteiger partial charge in [0.1, 0.15) is 6.04 Å². The summed E-state index contributed by atoms with van der Waals surface area (Å²) in [5.41, 5.74) is 0. The summed E-state index contributed by atoms with van der Waals surface area (Å²) >= 11 is 0. The van der Waals surface area contributed by atoms with Crippen LogP contribution in [0.15, 0.2) is 12.2 Å². The fourth-order valence-electron chi connectivity index (χ4n) is 3.03. The molecule has 1 saturated carbocycles. The molecule has 3 unspecified atom stereocenters. The number of carboxylic acid groups (broad SMARTS) is 1. The molecule has 1 amide bonds. The summed E-state index contributed by atoms with van der Waals surface area (Å²) in [5.74, 6) is -0.235. The third-order valence-electron chi connectivity index (χ3n) is 4.39. The molecule has 0 radical (unpaired) electrons. The molecule has 0 aromatic heterocycles. The maximum absolute atomic E-state index is 12.2. The highest BCUT2D eigenvalue weighted by atomic mass is 16.4. The van der Waals surface area contributed by atoms with Crippen molar-refractivity contribution in [3.63, 3.8) is 0 Å². The van der Waals surface area contributed by atoms with Crippen LogP contribution in [0.4, 0.5) is 0 Å². The van der Waals surface area contributed by atoms with Crippen LogP contribution in [0.2, 0.25) is 0 Å². The minimum atomic E-state index is -0.934. The van der Waals surface area contributed by atoms with Crippen LogP contribution in [0.3, 0.4) is 0 Å². The topological polar surface area (TPSA) is 66.4 Å². The van der Waals surface area contributed by atoms with Gasteiger partial charge in [-0.15, -0.1) is 0 Å². The lowest BCUT2D eigenvalue weighted by Crippen LogP contribution is -2.47. The molecular formula is C14H21NO3. The monoisotopic (exact) mass is 251 g/mol. The van der Waals surface area contributed by atoms with Crippen molar-refractivity contribution in [1.82, 2.24) is 5.32 Å². The van der Waals surface area contributed by atoms with E-state index in [1.807, 2.05) is 13.8 Å². The lowest BCUT2D eigenvalue weighted by molar-refractivity contribution is -0.144. The Morgan fingerprint density at radius 3 is 2.56 bits per heavy atom. The van der Waals surface area contributed by atoms with E-state index < -0.39 is 12.0 Å². The Kier molecular flexibility index (Phi) is 3.73. The maximum Gasteiger partial charge on any atom is 0.326 e. The summed E-state index contributed by atoms with van der Waals surface area (Å²) in [7, 11) is 0. The third-order valence-corrected chi connectivity index (χ3v) is 4.39. The van der Waals surface area contributed by atoms with Crippen molar-refractivity contribution < 1.29 is 14.7 Å². The van der Waals surface area contributed by atoms with Crippen molar-refractivity contribution in [3.05, 3.63) is 12.2 Å². The molecule has 4 heteroatoms. The first-order chi connectivity index (χ1) is 8.52. The first-order valence-corrected chi connectivity index (χ1v) is 6.74. The summed E-state index contributed by atoms with van der Waals surface area (Å²) in [6.45, 7) is 3.80. The second-order valence-corrected chi connectivity index (χ2v) is 5.60. The smallest absolute Gasteiger partial charge is 0.326 e. The number of allylic oxidation sites excluding steroid dienone is 2. The molecule has 0 spiro atoms. The van der Waals surface area contributed by atoms with Crippen molar-refractivity contribution in [2.75, 3.05) is 0 Å². The van der Waals surface area contributed by atoms with Crippen LogP contribution >= 0.6 is 0 Å². The Bertz CT molecular complexity index is 377. The minimum Gasteiger partial charge on any atom is -0.480 e. The number of rotatable bonds is 5. The van der Waals surface area contributed by atoms with Crippen molar-refractivity contribution in [2.24, 2.45) is 23.7 Å². The average Bonchev–Trinajstić information content (AvgIpc) is 2.96. The average molecular weight is 251 g/mol. The molecule has 1 fully saturated rings. The molecule has 5 atom stereocenters. The Hall–Kier alpha value is -1.32. The zero-order valence-corrected chi connectivity index (χ0v) is 10.9. The molecule has 2 bridgehead atoms. The van der Waals surface area contributed by atoms with Gasteiger partial charge in [-0.25, -0.2) is 4.79 Å². The quantitative estimate of drug-likeness (QED) is 0.732. The summed E-state index contributed by atoms with van der Waals surface area (Å²) in [6.07, 6.45) is 6.96. The number of hydrogen-bond acceptors (Lipinski definition) is 2. The Labute approximate surface area is 107 Å². The highest BCUT2D eigenvalue weighted by Gasteiger charge is 2.41. The second kappa shape index (κ2) is 5.12. The summed E-state index contributed by atoms with van der Waals surface area (Å²) in [6, 6.07) is -0.759. The highest BCUT2D eigenvalue weighted by molar-refractivity contribution is 5.85. The van der Waals surface area contributed by atoms with Gasteiger partial charge < -0.3 is 10.4 Å². The normalized spacial score (nSPS) is 32.2. The zero-order chi connectivity index (χ0) is 13.3. The van der Waals surface area contributed by atoms with Crippen LogP contribution < -0.4 is 5.32 Å². The fraction of sp³-hybridized carbons (Fsp3) is 0.714. The van der Waals surface area contributed by atoms with E-state index in [2.05, 4.69) is 17.5 Å². The Morgan fingerprint density at radius 1 is 1.39 bits per heavy atom. The maximum atomic E-state index is 12.2. The van der Waals surface area contributed by atoms with E-state index in [1.165, 1.54) is 0 Å². The number of carbonyl (C=O) groups excluding carboxylic acids is 1. The molecule has 0 aromatic rings. The van der Waals surface area contributed by atoms with E-state index in [0.29, 0.717) is 11.8 Å². The lowest BCUT2D eigenvalue weighted by atomic mass is 9.91. The number of nitrogens with one attached hydrogen (secondary N) is 1. The number of fused-ring (bicyclic) bond motifs is 2. The van der Waals surface area contributed by atoms with Gasteiger partial charge in [0.2, 0.25) is 5.91 Å². The second-order valence-electron chi connectivity index (χ2n) is 5.60. The Morgan fingerprint density at radius 2 is 2.11 bits per heavy atom. The third kappa shape index (κ3) is 2.42. The van der Waals surface area contributed by atoms with Crippen molar-refractivity contribution in [3.8, 4) is 0 Å². The van der Waals surface area contributed by atoms with Crippen LogP contribution in [-0.2, 0) is 9.59 Å². The molecule has 0 aromatic carbocycles. The standard InChI is InChI=1S/C14H21NO3/c1-3-8(2)12(14(17)18)15-13(16)11-7-9-4-5-10(11)6-9/h4-5,8-12H,3,6-7H2,1-2H3,(H,15,16)(H,17,18)/t8-,9?,10?,11?,12-/m0/s1. The van der Waals surface area contributed by atoms with Gasteiger partial charge in [-0.3, -0.25) is 4.79 Å². The lowest BCUT2D eigenvalue weighted by Gasteiger charge is -2.24. The Balaban J connectivity index is 1.97. The summed E-state index contributed by atoms with van der Waals surface area (Å²) in [5, 5.41) is 11.9. The van der Waals surface area contributed by atoms with Gasteiger partial charge in [0.15, 0.2) is 0 Å². The molecule has 2 rings (SSSR count). The molecule has 2 aliphatic carbocycles. The number of aliphatic carboxylic acids is 1. The van der Waals surface area contributed by atoms with E-state index >= 15 is 0 Å². The molecular weight excluding hydrogens is 230 g/mol. The fourth-order valence-corrected chi connectivity index (χ4v) is 3.03. The van der Waals surface area contributed by atoms with Gasteiger partial charge in [0.25, 0.3) is 0 Å². The van der Waals surface area contributed by atoms with Gasteiger partial charge >= 0.3 is 5.97 Å². The van der Waals surface area contributed by atoms with Crippen molar-refractivity contribution >= 4 is 11.9 Å². The SMILES string of the molecule is CC[C@H](C)[C@H](NC(=O)C1CC2C=CC1C2)C(=O)O. The molecule has 2 aliphatic rings. The minimum absolute atomic E-state index is 0.0223. The van der Waals surface area contributed by atoms with E-state index in [1.54, 1.807) is 0 Å². The molecule has 100 valence electrons. The van der Waals surface area contributed by atoms with Crippen LogP contribution in [-0.4, -0.2) is 23.0 Å². The van der Waals surface area contributed by atoms with Crippen LogP contribution in [0.5, 0.6) is 0 Å². The van der Waals surface area contributed by atoms with Crippen molar-refractivity contribution in [1.29, 1.82) is 0 Å². The molecule has 0 aliphatic heterocycles. The summed E-state index contributed by atoms with van der Waals surface area (Å²) < 4.78 is 0. The first-order valence-electron chi connectivity index (χ1n) is 6.74. The van der Waals surface area contributed by atoms with E-state index in [9.17, 15) is 9.59 Å². The molecule has 0 saturated heterocycles. The highest BCUT2D eigenvalue weighted by Crippen LogP contribution is 2.43. The number of amides is 1. The van der Waals surface area contributed by atoms with E-state index in [4.69, 9.17) is 5.11 Å². The predicted octanol–water partition coefficient (Wildman–Crippen LogP) is 1.81. The number of carbonyl (C=O) groups is 2. The van der Waals surface area contributed by atoms with Gasteiger partial charge in [-0.1, -0.05) is 32.4 Å². The zero-order valence-electron chi connectivity index (χ0n) is 10.9. The van der Waals surface area contributed by atoms with E-state index in [0.717, 1.165) is 19.3 Å².